The van der Waals surface area contributed by atoms with Gasteiger partial charge in [-0.15, -0.1) is 0 Å². The number of hydrogen-bond donors (Lipinski definition) is 5. The maximum absolute atomic E-state index is 13.2. The number of rotatable bonds is 1. The molecule has 1 saturated carbocycles. The highest BCUT2D eigenvalue weighted by molar-refractivity contribution is 7.47. The molecule has 11 atom stereocenters. The van der Waals surface area contributed by atoms with Gasteiger partial charge in [0.25, 0.3) is 0 Å². The van der Waals surface area contributed by atoms with E-state index in [4.69, 9.17) is 18.5 Å². The summed E-state index contributed by atoms with van der Waals surface area (Å²) in [6, 6.07) is -3.82. The Labute approximate surface area is 209 Å². The second kappa shape index (κ2) is 7.93. The molecule has 3 unspecified atom stereocenters. The van der Waals surface area contributed by atoms with Crippen LogP contribution < -0.4 is 10.6 Å². The van der Waals surface area contributed by atoms with Crippen molar-refractivity contribution in [1.29, 1.82) is 0 Å². The fourth-order valence-electron chi connectivity index (χ4n) is 6.76. The summed E-state index contributed by atoms with van der Waals surface area (Å²) < 4.78 is 34.6. The molecule has 0 spiro atoms. The fourth-order valence-corrected chi connectivity index (χ4v) is 7.72. The Bertz CT molecular complexity index is 1140. The molecule has 16 nitrogen and oxygen atoms in total. The van der Waals surface area contributed by atoms with E-state index in [0.29, 0.717) is 0 Å². The molecular weight excluding hydrogens is 519 g/mol. The maximum atomic E-state index is 13.2. The molecule has 0 aromatic rings. The van der Waals surface area contributed by atoms with Crippen LogP contribution in [0.25, 0.3) is 0 Å². The van der Waals surface area contributed by atoms with Gasteiger partial charge in [-0.1, -0.05) is 0 Å². The third-order valence-corrected chi connectivity index (χ3v) is 9.88. The predicted molar refractivity (Wildman–Crippen MR) is 115 cm³/mol. The Balaban J connectivity index is 1.49. The van der Waals surface area contributed by atoms with Gasteiger partial charge in [0.05, 0.1) is 42.2 Å². The zero-order chi connectivity index (χ0) is 26.7. The largest absolute Gasteiger partial charge is 0.472 e. The number of phosphoric ester groups is 1. The molecule has 17 heteroatoms. The molecule has 5 saturated heterocycles. The van der Waals surface area contributed by atoms with Crippen LogP contribution in [0.4, 0.5) is 9.59 Å². The zero-order valence-electron chi connectivity index (χ0n) is 19.8. The van der Waals surface area contributed by atoms with E-state index in [1.165, 1.54) is 23.6 Å². The molecule has 6 aliphatic rings. The molecule has 6 fully saturated rings. The number of nitrogens with one attached hydrogen (secondary N) is 2. The molecule has 5 N–H and O–H groups in total. The third-order valence-electron chi connectivity index (χ3n) is 8.87. The normalized spacial score (nSPS) is 51.2. The molecular formula is C20H27N4O12P. The highest BCUT2D eigenvalue weighted by Crippen LogP contribution is 2.64. The Morgan fingerprint density at radius 1 is 0.946 bits per heavy atom. The number of hydrogen-bond acceptors (Lipinski definition) is 11. The first-order chi connectivity index (χ1) is 17.3. The molecule has 5 heterocycles. The van der Waals surface area contributed by atoms with E-state index in [2.05, 4.69) is 10.6 Å². The zero-order valence-corrected chi connectivity index (χ0v) is 20.7. The number of imide groups is 2. The average Bonchev–Trinajstić information content (AvgIpc) is 3.38. The van der Waals surface area contributed by atoms with Crippen LogP contribution in [-0.4, -0.2) is 111 Å². The van der Waals surface area contributed by atoms with Crippen molar-refractivity contribution in [3.8, 4) is 0 Å². The fraction of sp³-hybridized carbons (Fsp3) is 0.800. The van der Waals surface area contributed by atoms with Crippen LogP contribution >= 0.6 is 7.82 Å². The SMILES string of the molecule is C[C@]12C(=O)NC(=O)N3[C@H]1[C@H]1N(C(=O)NC(=O)[C@]12C)[C@H]1C[C@H](O)C(COP(=O)(O)O[C@H]2C[C@H]3OC2CO)O1. The van der Waals surface area contributed by atoms with Gasteiger partial charge in [-0.05, 0) is 13.8 Å². The standard InChI is InChI=1S/C20H27N4O12P/c1-19-13-14-20(19,2)16(28)22-18(30)24(14)12-4-8(9(5-25)34-12)36-37(31,32)33-6-10-7(26)3-11(35-10)23(13)17(29)21-15(19)27/h7-14,25-26H,3-6H2,1-2H3,(H,31,32)(H,21,27,29)(H,22,28,30)/t7-,8-,9?,10?,11+,12+,13+,14-,19-,20+/m0/s1. The summed E-state index contributed by atoms with van der Waals surface area (Å²) in [5.74, 6) is -1.42. The number of fused-ring (bicyclic) bond motifs is 7. The van der Waals surface area contributed by atoms with Gasteiger partial charge < -0.3 is 24.6 Å². The van der Waals surface area contributed by atoms with E-state index in [0.717, 1.165) is 0 Å². The van der Waals surface area contributed by atoms with Crippen LogP contribution in [0.15, 0.2) is 0 Å². The van der Waals surface area contributed by atoms with Crippen molar-refractivity contribution in [2.75, 3.05) is 13.2 Å². The number of carbonyl (C=O) groups excluding carboxylic acids is 4. The number of aliphatic hydroxyl groups is 2. The van der Waals surface area contributed by atoms with Gasteiger partial charge in [0, 0.05) is 12.8 Å². The molecule has 1 aliphatic carbocycles. The van der Waals surface area contributed by atoms with Gasteiger partial charge in [0.15, 0.2) is 0 Å². The van der Waals surface area contributed by atoms with Gasteiger partial charge in [0.1, 0.15) is 30.8 Å². The molecule has 0 radical (unpaired) electrons. The number of ether oxygens (including phenoxy) is 2. The summed E-state index contributed by atoms with van der Waals surface area (Å²) in [4.78, 5) is 65.5. The summed E-state index contributed by atoms with van der Waals surface area (Å²) in [5.41, 5.74) is -3.02. The molecule has 0 aromatic carbocycles. The van der Waals surface area contributed by atoms with E-state index >= 15 is 0 Å². The number of phosphoric acid groups is 1. The molecule has 37 heavy (non-hydrogen) atoms. The molecule has 0 aromatic heterocycles. The van der Waals surface area contributed by atoms with Crippen LogP contribution in [0, 0.1) is 10.8 Å². The van der Waals surface area contributed by atoms with E-state index in [9.17, 15) is 38.8 Å². The van der Waals surface area contributed by atoms with Crippen molar-refractivity contribution < 1.29 is 57.4 Å². The molecule has 204 valence electrons. The van der Waals surface area contributed by atoms with Crippen molar-refractivity contribution in [3.05, 3.63) is 0 Å². The summed E-state index contributed by atoms with van der Waals surface area (Å²) in [6.45, 7) is 1.84. The summed E-state index contributed by atoms with van der Waals surface area (Å²) in [6.07, 6.45) is -7.24. The van der Waals surface area contributed by atoms with Crippen molar-refractivity contribution in [3.63, 3.8) is 0 Å². The second-order valence-corrected chi connectivity index (χ2v) is 11.9. The Morgan fingerprint density at radius 2 is 1.49 bits per heavy atom. The molecule has 4 bridgehead atoms. The first kappa shape index (κ1) is 25.1. The summed E-state index contributed by atoms with van der Waals surface area (Å²) >= 11 is 0. The number of aliphatic hydroxyl groups excluding tert-OH is 2. The predicted octanol–water partition coefficient (Wildman–Crippen LogP) is -2.05. The minimum Gasteiger partial charge on any atom is -0.394 e. The number of nitrogens with zero attached hydrogens (tertiary/aromatic N) is 2. The second-order valence-electron chi connectivity index (χ2n) is 10.5. The van der Waals surface area contributed by atoms with Gasteiger partial charge in [-0.2, -0.15) is 0 Å². The van der Waals surface area contributed by atoms with Crippen molar-refractivity contribution in [2.24, 2.45) is 10.8 Å². The number of urea groups is 2. The Morgan fingerprint density at radius 3 is 2.03 bits per heavy atom. The Hall–Kier alpha value is -2.17. The highest BCUT2D eigenvalue weighted by Gasteiger charge is 2.82. The topological polar surface area (TPSA) is 213 Å². The van der Waals surface area contributed by atoms with Crippen LogP contribution in [-0.2, 0) is 32.7 Å². The minimum atomic E-state index is -4.74. The van der Waals surface area contributed by atoms with Gasteiger partial charge in [-0.25, -0.2) is 14.2 Å². The summed E-state index contributed by atoms with van der Waals surface area (Å²) in [7, 11) is -4.74. The van der Waals surface area contributed by atoms with E-state index in [1.54, 1.807) is 0 Å². The minimum absolute atomic E-state index is 0.127. The first-order valence-corrected chi connectivity index (χ1v) is 13.4. The lowest BCUT2D eigenvalue weighted by molar-refractivity contribution is -0.242. The van der Waals surface area contributed by atoms with Crippen LogP contribution in [0.5, 0.6) is 0 Å². The molecule has 6 amide bonds. The van der Waals surface area contributed by atoms with Crippen LogP contribution in [0.1, 0.15) is 26.7 Å². The smallest absolute Gasteiger partial charge is 0.394 e. The monoisotopic (exact) mass is 546 g/mol. The maximum Gasteiger partial charge on any atom is 0.472 e. The number of carbonyl (C=O) groups is 4. The Kier molecular flexibility index (Phi) is 5.38. The molecule has 6 rings (SSSR count). The van der Waals surface area contributed by atoms with Gasteiger partial charge in [0.2, 0.25) is 11.8 Å². The third kappa shape index (κ3) is 3.18. The van der Waals surface area contributed by atoms with Crippen molar-refractivity contribution >= 4 is 31.7 Å². The first-order valence-electron chi connectivity index (χ1n) is 11.9. The van der Waals surface area contributed by atoms with Crippen molar-refractivity contribution in [1.82, 2.24) is 20.4 Å². The summed E-state index contributed by atoms with van der Waals surface area (Å²) in [5, 5.41) is 24.9. The van der Waals surface area contributed by atoms with E-state index < -0.39 is 105 Å². The lowest BCUT2D eigenvalue weighted by atomic mass is 9.42. The number of amides is 6. The van der Waals surface area contributed by atoms with Gasteiger partial charge >= 0.3 is 19.9 Å². The van der Waals surface area contributed by atoms with Crippen LogP contribution in [0.3, 0.4) is 0 Å². The lowest BCUT2D eigenvalue weighted by Gasteiger charge is -2.72. The lowest BCUT2D eigenvalue weighted by Crippen LogP contribution is -2.92. The van der Waals surface area contributed by atoms with E-state index in [1.807, 2.05) is 0 Å². The van der Waals surface area contributed by atoms with Gasteiger partial charge in [-0.3, -0.25) is 39.1 Å². The average molecular weight is 546 g/mol. The highest BCUT2D eigenvalue weighted by atomic mass is 31.2. The van der Waals surface area contributed by atoms with Crippen LogP contribution in [0.2, 0.25) is 0 Å². The van der Waals surface area contributed by atoms with E-state index in [-0.39, 0.29) is 12.8 Å². The van der Waals surface area contributed by atoms with Crippen molar-refractivity contribution in [2.45, 2.75) is 75.6 Å². The molecule has 5 aliphatic heterocycles. The quantitative estimate of drug-likeness (QED) is 0.225.